The number of piperidine rings is 1. The number of rotatable bonds is 6. The third-order valence-electron chi connectivity index (χ3n) is 5.91. The molecule has 1 aliphatic rings. The number of hydrogen-bond donors (Lipinski definition) is 1. The van der Waals surface area contributed by atoms with Gasteiger partial charge in [0.2, 0.25) is 5.91 Å². The number of anilines is 1. The molecule has 0 bridgehead atoms. The molecule has 3 heterocycles. The molecule has 0 spiro atoms. The van der Waals surface area contributed by atoms with Crippen molar-refractivity contribution in [2.45, 2.75) is 38.6 Å². The quantitative estimate of drug-likeness (QED) is 0.652. The first kappa shape index (κ1) is 20.6. The normalized spacial score (nSPS) is 16.0. The molecule has 1 N–H and O–H groups in total. The van der Waals surface area contributed by atoms with Gasteiger partial charge in [-0.25, -0.2) is 4.98 Å². The molecule has 1 amide bonds. The van der Waals surface area contributed by atoms with Crippen molar-refractivity contribution < 1.29 is 4.79 Å². The molecule has 3 aromatic rings. The van der Waals surface area contributed by atoms with Crippen molar-refractivity contribution in [2.75, 3.05) is 18.0 Å². The molecule has 0 radical (unpaired) electrons. The average Bonchev–Trinajstić information content (AvgIpc) is 3.31. The van der Waals surface area contributed by atoms with Gasteiger partial charge in [-0.2, -0.15) is 0 Å². The van der Waals surface area contributed by atoms with Crippen LogP contribution in [0.25, 0.3) is 11.0 Å². The number of fused-ring (bicyclic) bond motifs is 1. The van der Waals surface area contributed by atoms with E-state index in [1.807, 2.05) is 35.2 Å². The summed E-state index contributed by atoms with van der Waals surface area (Å²) in [7, 11) is 1.79. The molecule has 1 fully saturated rings. The largest absolute Gasteiger partial charge is 0.352 e. The van der Waals surface area contributed by atoms with Gasteiger partial charge in [-0.1, -0.05) is 31.5 Å². The predicted molar refractivity (Wildman–Crippen MR) is 122 cm³/mol. The van der Waals surface area contributed by atoms with Crippen molar-refractivity contribution in [3.8, 4) is 0 Å². The van der Waals surface area contributed by atoms with E-state index in [4.69, 9.17) is 0 Å². The van der Waals surface area contributed by atoms with Crippen molar-refractivity contribution in [3.63, 3.8) is 0 Å². The van der Waals surface area contributed by atoms with E-state index in [9.17, 15) is 9.59 Å². The van der Waals surface area contributed by atoms with Crippen LogP contribution in [0.3, 0.4) is 0 Å². The molecule has 1 aliphatic heterocycles. The zero-order valence-corrected chi connectivity index (χ0v) is 18.3. The number of hydrogen-bond acceptors (Lipinski definition) is 5. The highest BCUT2D eigenvalue weighted by atomic mass is 32.1. The third kappa shape index (κ3) is 4.12. The number of carbonyl (C=O) groups is 1. The van der Waals surface area contributed by atoms with Crippen LogP contribution in [0.5, 0.6) is 0 Å². The van der Waals surface area contributed by atoms with Crippen molar-refractivity contribution in [2.24, 2.45) is 13.0 Å². The van der Waals surface area contributed by atoms with Gasteiger partial charge < -0.3 is 14.8 Å². The summed E-state index contributed by atoms with van der Waals surface area (Å²) < 4.78 is 1.66. The van der Waals surface area contributed by atoms with Crippen LogP contribution in [-0.4, -0.2) is 28.5 Å². The molecule has 6 nitrogen and oxygen atoms in total. The van der Waals surface area contributed by atoms with E-state index < -0.39 is 0 Å². The number of nitrogens with zero attached hydrogens (tertiary/aromatic N) is 3. The lowest BCUT2D eigenvalue weighted by atomic mass is 9.95. The van der Waals surface area contributed by atoms with Gasteiger partial charge >= 0.3 is 0 Å². The van der Waals surface area contributed by atoms with Gasteiger partial charge in [0.05, 0.1) is 17.1 Å². The van der Waals surface area contributed by atoms with Crippen LogP contribution < -0.4 is 15.8 Å². The van der Waals surface area contributed by atoms with Crippen LogP contribution in [0.15, 0.2) is 46.6 Å². The molecule has 1 saturated heterocycles. The van der Waals surface area contributed by atoms with Gasteiger partial charge in [0.15, 0.2) is 5.82 Å². The fourth-order valence-electron chi connectivity index (χ4n) is 4.18. The third-order valence-corrected chi connectivity index (χ3v) is 6.90. The van der Waals surface area contributed by atoms with Crippen molar-refractivity contribution in [1.29, 1.82) is 0 Å². The Morgan fingerprint density at radius 2 is 2.00 bits per heavy atom. The van der Waals surface area contributed by atoms with E-state index in [2.05, 4.69) is 28.7 Å². The Labute approximate surface area is 180 Å². The van der Waals surface area contributed by atoms with E-state index in [-0.39, 0.29) is 23.4 Å². The molecule has 2 aromatic heterocycles. The number of carbonyl (C=O) groups excluding carboxylic acids is 1. The molecule has 1 aromatic carbocycles. The molecule has 158 valence electrons. The highest BCUT2D eigenvalue weighted by Gasteiger charge is 2.28. The lowest BCUT2D eigenvalue weighted by Crippen LogP contribution is -2.43. The fraction of sp³-hybridized carbons (Fsp3) is 0.435. The number of aromatic nitrogens is 2. The second kappa shape index (κ2) is 9.00. The number of para-hydroxylation sites is 2. The number of nitrogens with one attached hydrogen (secondary N) is 1. The van der Waals surface area contributed by atoms with E-state index in [0.29, 0.717) is 18.9 Å². The molecule has 1 unspecified atom stereocenters. The van der Waals surface area contributed by atoms with Crippen LogP contribution >= 0.6 is 11.3 Å². The Morgan fingerprint density at radius 3 is 2.70 bits per heavy atom. The maximum Gasteiger partial charge on any atom is 0.293 e. The molecule has 4 rings (SSSR count). The molecule has 0 aliphatic carbocycles. The van der Waals surface area contributed by atoms with Crippen LogP contribution in [0, 0.1) is 5.92 Å². The molecule has 1 atom stereocenters. The average molecular weight is 425 g/mol. The van der Waals surface area contributed by atoms with Crippen LogP contribution in [0.4, 0.5) is 5.82 Å². The van der Waals surface area contributed by atoms with Crippen molar-refractivity contribution in [3.05, 3.63) is 57.0 Å². The fourth-order valence-corrected chi connectivity index (χ4v) is 4.99. The second-order valence-corrected chi connectivity index (χ2v) is 8.89. The maximum atomic E-state index is 12.9. The molecule has 30 heavy (non-hydrogen) atoms. The van der Waals surface area contributed by atoms with Crippen molar-refractivity contribution >= 4 is 34.1 Å². The van der Waals surface area contributed by atoms with Gasteiger partial charge in [-0.3, -0.25) is 9.59 Å². The number of amides is 1. The summed E-state index contributed by atoms with van der Waals surface area (Å²) in [6, 6.07) is 11.9. The summed E-state index contributed by atoms with van der Waals surface area (Å²) in [5.74, 6) is 0.586. The van der Waals surface area contributed by atoms with Gasteiger partial charge in [0.25, 0.3) is 5.56 Å². The standard InChI is InChI=1S/C23H28N4O2S/c1-3-7-18(20-10-6-15-30-20)25-22(28)16-11-13-27(14-12-16)21-23(29)26(2)19-9-5-4-8-17(19)24-21/h4-6,8-10,15-16,18H,3,7,11-14H2,1-2H3,(H,25,28). The zero-order chi connectivity index (χ0) is 21.1. The number of aryl methyl sites for hydroxylation is 1. The summed E-state index contributed by atoms with van der Waals surface area (Å²) in [6.45, 7) is 3.47. The van der Waals surface area contributed by atoms with E-state index in [1.54, 1.807) is 23.0 Å². The van der Waals surface area contributed by atoms with Gasteiger partial charge in [-0.05, 0) is 42.8 Å². The highest BCUT2D eigenvalue weighted by molar-refractivity contribution is 7.10. The molecular weight excluding hydrogens is 396 g/mol. The number of thiophene rings is 1. The van der Waals surface area contributed by atoms with Crippen LogP contribution in [0.2, 0.25) is 0 Å². The minimum absolute atomic E-state index is 0.0233. The Kier molecular flexibility index (Phi) is 6.18. The maximum absolute atomic E-state index is 12.9. The van der Waals surface area contributed by atoms with Gasteiger partial charge in [0, 0.05) is 30.9 Å². The Bertz CT molecular complexity index is 1070. The smallest absolute Gasteiger partial charge is 0.293 e. The van der Waals surface area contributed by atoms with Gasteiger partial charge in [-0.15, -0.1) is 11.3 Å². The van der Waals surface area contributed by atoms with Crippen LogP contribution in [-0.2, 0) is 11.8 Å². The lowest BCUT2D eigenvalue weighted by molar-refractivity contribution is -0.126. The van der Waals surface area contributed by atoms with E-state index in [0.717, 1.165) is 36.7 Å². The summed E-state index contributed by atoms with van der Waals surface area (Å²) >= 11 is 1.69. The molecule has 0 saturated carbocycles. The van der Waals surface area contributed by atoms with E-state index >= 15 is 0 Å². The summed E-state index contributed by atoms with van der Waals surface area (Å²) in [5.41, 5.74) is 1.56. The first-order chi connectivity index (χ1) is 14.6. The highest BCUT2D eigenvalue weighted by Crippen LogP contribution is 2.26. The summed E-state index contributed by atoms with van der Waals surface area (Å²) in [6.07, 6.45) is 3.43. The minimum Gasteiger partial charge on any atom is -0.352 e. The first-order valence-corrected chi connectivity index (χ1v) is 11.5. The summed E-state index contributed by atoms with van der Waals surface area (Å²) in [4.78, 5) is 33.6. The first-order valence-electron chi connectivity index (χ1n) is 10.6. The minimum atomic E-state index is -0.0858. The lowest BCUT2D eigenvalue weighted by Gasteiger charge is -2.32. The predicted octanol–water partition coefficient (Wildman–Crippen LogP) is 3.87. The van der Waals surface area contributed by atoms with Crippen molar-refractivity contribution in [1.82, 2.24) is 14.9 Å². The zero-order valence-electron chi connectivity index (χ0n) is 17.5. The van der Waals surface area contributed by atoms with Crippen LogP contribution in [0.1, 0.15) is 43.5 Å². The molecule has 7 heteroatoms. The summed E-state index contributed by atoms with van der Waals surface area (Å²) in [5, 5.41) is 5.32. The Hall–Kier alpha value is -2.67. The second-order valence-electron chi connectivity index (χ2n) is 7.91. The van der Waals surface area contributed by atoms with Gasteiger partial charge in [0.1, 0.15) is 0 Å². The monoisotopic (exact) mass is 424 g/mol. The van der Waals surface area contributed by atoms with E-state index in [1.165, 1.54) is 4.88 Å². The topological polar surface area (TPSA) is 67.2 Å². The Morgan fingerprint density at radius 1 is 1.23 bits per heavy atom. The Balaban J connectivity index is 1.44. The molecular formula is C23H28N4O2S. The number of benzene rings is 1. The SMILES string of the molecule is CCCC(NC(=O)C1CCN(c2nc3ccccc3n(C)c2=O)CC1)c1cccs1.